The second-order valence-corrected chi connectivity index (χ2v) is 6.08. The predicted molar refractivity (Wildman–Crippen MR) is 95.6 cm³/mol. The van der Waals surface area contributed by atoms with E-state index in [1.165, 1.54) is 16.7 Å². The molecule has 0 aliphatic heterocycles. The Morgan fingerprint density at radius 2 is 1.65 bits per heavy atom. The number of nitrogens with two attached hydrogens (primary N) is 1. The molecule has 2 rings (SSSR count). The molecule has 2 N–H and O–H groups in total. The van der Waals surface area contributed by atoms with Crippen LogP contribution < -0.4 is 15.2 Å². The first-order valence-corrected chi connectivity index (χ1v) is 8.09. The average molecular weight is 313 g/mol. The molecule has 3 nitrogen and oxygen atoms in total. The molecule has 0 aliphatic carbocycles. The molecule has 0 heterocycles. The number of hydrogen-bond acceptors (Lipinski definition) is 3. The number of ether oxygens (including phenoxy) is 2. The quantitative estimate of drug-likeness (QED) is 0.836. The van der Waals surface area contributed by atoms with Gasteiger partial charge in [0.1, 0.15) is 0 Å². The van der Waals surface area contributed by atoms with Crippen molar-refractivity contribution in [1.29, 1.82) is 0 Å². The van der Waals surface area contributed by atoms with Gasteiger partial charge in [0.25, 0.3) is 0 Å². The minimum Gasteiger partial charge on any atom is -0.493 e. The van der Waals surface area contributed by atoms with Gasteiger partial charge in [0, 0.05) is 0 Å². The van der Waals surface area contributed by atoms with E-state index in [0.717, 1.165) is 23.5 Å². The zero-order valence-electron chi connectivity index (χ0n) is 14.6. The summed E-state index contributed by atoms with van der Waals surface area (Å²) in [4.78, 5) is 0. The van der Waals surface area contributed by atoms with Gasteiger partial charge in [-0.2, -0.15) is 0 Å². The molecule has 124 valence electrons. The molecule has 0 bridgehead atoms. The molecule has 1 atom stereocenters. The second-order valence-electron chi connectivity index (χ2n) is 6.08. The zero-order chi connectivity index (χ0) is 16.8. The summed E-state index contributed by atoms with van der Waals surface area (Å²) in [7, 11) is 1.67. The first-order chi connectivity index (χ1) is 11.0. The topological polar surface area (TPSA) is 44.5 Å². The van der Waals surface area contributed by atoms with Gasteiger partial charge in [-0.05, 0) is 68.5 Å². The molecule has 0 spiro atoms. The molecule has 3 heteroatoms. The molecule has 0 saturated carbocycles. The van der Waals surface area contributed by atoms with Crippen LogP contribution in [-0.2, 0) is 0 Å². The molecule has 2 aromatic rings. The smallest absolute Gasteiger partial charge is 0.161 e. The zero-order valence-corrected chi connectivity index (χ0v) is 14.6. The van der Waals surface area contributed by atoms with Crippen LogP contribution in [0.5, 0.6) is 11.5 Å². The van der Waals surface area contributed by atoms with Crippen LogP contribution in [0.1, 0.15) is 34.6 Å². The molecule has 0 fully saturated rings. The van der Waals surface area contributed by atoms with E-state index in [4.69, 9.17) is 15.2 Å². The van der Waals surface area contributed by atoms with Crippen molar-refractivity contribution in [2.75, 3.05) is 20.3 Å². The van der Waals surface area contributed by atoms with Gasteiger partial charge in [-0.15, -0.1) is 0 Å². The minimum atomic E-state index is 0.311. The Kier molecular flexibility index (Phi) is 6.05. The summed E-state index contributed by atoms with van der Waals surface area (Å²) in [6, 6.07) is 12.5. The largest absolute Gasteiger partial charge is 0.493 e. The van der Waals surface area contributed by atoms with E-state index in [-0.39, 0.29) is 0 Å². The molecule has 0 amide bonds. The standard InChI is InChI=1S/C20H27NO2/c1-14-5-7-16(3)18(11-14)17(13-21)9-10-23-19-8-6-15(2)12-20(19)22-4/h5-8,11-12,17H,9-10,13,21H2,1-4H3. The summed E-state index contributed by atoms with van der Waals surface area (Å²) in [5, 5.41) is 0. The molecule has 2 aromatic carbocycles. The molecule has 23 heavy (non-hydrogen) atoms. The van der Waals surface area contributed by atoms with Gasteiger partial charge in [-0.1, -0.05) is 29.8 Å². The maximum Gasteiger partial charge on any atom is 0.161 e. The van der Waals surface area contributed by atoms with E-state index in [1.807, 2.05) is 25.1 Å². The van der Waals surface area contributed by atoms with Crippen LogP contribution in [0.2, 0.25) is 0 Å². The van der Waals surface area contributed by atoms with Crippen molar-refractivity contribution in [2.45, 2.75) is 33.1 Å². The molecule has 1 unspecified atom stereocenters. The first kappa shape index (κ1) is 17.4. The van der Waals surface area contributed by atoms with Crippen molar-refractivity contribution in [3.05, 3.63) is 58.7 Å². The summed E-state index contributed by atoms with van der Waals surface area (Å²) in [5.74, 6) is 1.88. The van der Waals surface area contributed by atoms with Crippen LogP contribution in [0.4, 0.5) is 0 Å². The molecule has 0 saturated heterocycles. The van der Waals surface area contributed by atoms with E-state index >= 15 is 0 Å². The third-order valence-corrected chi connectivity index (χ3v) is 4.20. The maximum atomic E-state index is 6.00. The van der Waals surface area contributed by atoms with Crippen molar-refractivity contribution in [1.82, 2.24) is 0 Å². The van der Waals surface area contributed by atoms with Gasteiger partial charge in [0.15, 0.2) is 11.5 Å². The van der Waals surface area contributed by atoms with Gasteiger partial charge >= 0.3 is 0 Å². The Bertz CT molecular complexity index is 652. The van der Waals surface area contributed by atoms with Crippen molar-refractivity contribution < 1.29 is 9.47 Å². The Labute approximate surface area is 139 Å². The highest BCUT2D eigenvalue weighted by atomic mass is 16.5. The molecular weight excluding hydrogens is 286 g/mol. The van der Waals surface area contributed by atoms with E-state index in [2.05, 4.69) is 32.0 Å². The number of methoxy groups -OCH3 is 1. The average Bonchev–Trinajstić information content (AvgIpc) is 2.55. The van der Waals surface area contributed by atoms with Crippen LogP contribution in [0.3, 0.4) is 0 Å². The fourth-order valence-electron chi connectivity index (χ4n) is 2.81. The van der Waals surface area contributed by atoms with Crippen molar-refractivity contribution in [3.63, 3.8) is 0 Å². The number of aryl methyl sites for hydroxylation is 3. The Morgan fingerprint density at radius 1 is 0.957 bits per heavy atom. The lowest BCUT2D eigenvalue weighted by molar-refractivity contribution is 0.279. The lowest BCUT2D eigenvalue weighted by Crippen LogP contribution is -2.17. The molecular formula is C20H27NO2. The van der Waals surface area contributed by atoms with Crippen LogP contribution in [0.15, 0.2) is 36.4 Å². The molecule has 0 aromatic heterocycles. The number of benzene rings is 2. The number of rotatable bonds is 7. The van der Waals surface area contributed by atoms with Crippen molar-refractivity contribution >= 4 is 0 Å². The maximum absolute atomic E-state index is 6.00. The highest BCUT2D eigenvalue weighted by Gasteiger charge is 2.13. The van der Waals surface area contributed by atoms with Gasteiger partial charge in [-0.3, -0.25) is 0 Å². The molecule has 0 aliphatic rings. The van der Waals surface area contributed by atoms with Gasteiger partial charge < -0.3 is 15.2 Å². The van der Waals surface area contributed by atoms with Crippen molar-refractivity contribution in [2.24, 2.45) is 5.73 Å². The Morgan fingerprint density at radius 3 is 2.35 bits per heavy atom. The van der Waals surface area contributed by atoms with E-state index < -0.39 is 0 Å². The Hall–Kier alpha value is -2.00. The monoisotopic (exact) mass is 313 g/mol. The minimum absolute atomic E-state index is 0.311. The predicted octanol–water partition coefficient (Wildman–Crippen LogP) is 4.13. The second kappa shape index (κ2) is 8.02. The van der Waals surface area contributed by atoms with E-state index in [1.54, 1.807) is 7.11 Å². The van der Waals surface area contributed by atoms with E-state index in [0.29, 0.717) is 19.1 Å². The molecule has 0 radical (unpaired) electrons. The van der Waals surface area contributed by atoms with Crippen LogP contribution in [-0.4, -0.2) is 20.3 Å². The lowest BCUT2D eigenvalue weighted by atomic mass is 9.91. The van der Waals surface area contributed by atoms with Crippen LogP contribution in [0.25, 0.3) is 0 Å². The van der Waals surface area contributed by atoms with Crippen LogP contribution >= 0.6 is 0 Å². The number of hydrogen-bond donors (Lipinski definition) is 1. The summed E-state index contributed by atoms with van der Waals surface area (Å²) < 4.78 is 11.3. The van der Waals surface area contributed by atoms with E-state index in [9.17, 15) is 0 Å². The summed E-state index contributed by atoms with van der Waals surface area (Å²) >= 11 is 0. The summed E-state index contributed by atoms with van der Waals surface area (Å²) in [5.41, 5.74) is 11.0. The van der Waals surface area contributed by atoms with Crippen molar-refractivity contribution in [3.8, 4) is 11.5 Å². The Balaban J connectivity index is 2.03. The summed E-state index contributed by atoms with van der Waals surface area (Å²) in [6.45, 7) is 7.54. The third kappa shape index (κ3) is 4.49. The lowest BCUT2D eigenvalue weighted by Gasteiger charge is -2.19. The highest BCUT2D eigenvalue weighted by Crippen LogP contribution is 2.29. The fraction of sp³-hybridized carbons (Fsp3) is 0.400. The normalized spacial score (nSPS) is 12.0. The van der Waals surface area contributed by atoms with Crippen LogP contribution in [0, 0.1) is 20.8 Å². The SMILES string of the molecule is COc1cc(C)ccc1OCCC(CN)c1cc(C)ccc1C. The summed E-state index contributed by atoms with van der Waals surface area (Å²) in [6.07, 6.45) is 0.887. The first-order valence-electron chi connectivity index (χ1n) is 8.09. The highest BCUT2D eigenvalue weighted by molar-refractivity contribution is 5.42. The van der Waals surface area contributed by atoms with Gasteiger partial charge in [0.05, 0.1) is 13.7 Å². The van der Waals surface area contributed by atoms with Gasteiger partial charge in [0.2, 0.25) is 0 Å². The fourth-order valence-corrected chi connectivity index (χ4v) is 2.81. The van der Waals surface area contributed by atoms with Gasteiger partial charge in [-0.25, -0.2) is 0 Å². The third-order valence-electron chi connectivity index (χ3n) is 4.20.